The highest BCUT2D eigenvalue weighted by Gasteiger charge is 2.31. The Bertz CT molecular complexity index is 641. The van der Waals surface area contributed by atoms with Crippen molar-refractivity contribution >= 4 is 17.0 Å². The first-order chi connectivity index (χ1) is 9.13. The lowest BCUT2D eigenvalue weighted by Crippen LogP contribution is -2.10. The molecule has 0 spiro atoms. The number of para-hydroxylation sites is 1. The van der Waals surface area contributed by atoms with Crippen molar-refractivity contribution in [3.8, 4) is 0 Å². The van der Waals surface area contributed by atoms with Gasteiger partial charge in [-0.2, -0.15) is 0 Å². The minimum atomic E-state index is -0.877. The van der Waals surface area contributed by atoms with E-state index in [4.69, 9.17) is 0 Å². The maximum absolute atomic E-state index is 11.4. The van der Waals surface area contributed by atoms with Crippen LogP contribution in [0.2, 0.25) is 0 Å². The number of benzene rings is 1. The predicted molar refractivity (Wildman–Crippen MR) is 73.7 cm³/mol. The Morgan fingerprint density at radius 2 is 2.26 bits per heavy atom. The van der Waals surface area contributed by atoms with Crippen molar-refractivity contribution in [3.05, 3.63) is 29.6 Å². The minimum Gasteiger partial charge on any atom is -0.478 e. The van der Waals surface area contributed by atoms with Gasteiger partial charge >= 0.3 is 5.97 Å². The average molecular weight is 258 g/mol. The Balaban J connectivity index is 2.32. The number of hydrogen-bond donors (Lipinski definition) is 1. The summed E-state index contributed by atoms with van der Waals surface area (Å²) < 4.78 is 2.15. The maximum Gasteiger partial charge on any atom is 0.337 e. The highest BCUT2D eigenvalue weighted by molar-refractivity contribution is 6.01. The van der Waals surface area contributed by atoms with Crippen molar-refractivity contribution in [2.24, 2.45) is 0 Å². The van der Waals surface area contributed by atoms with Crippen LogP contribution in [0.15, 0.2) is 18.2 Å². The van der Waals surface area contributed by atoms with Gasteiger partial charge in [0.05, 0.1) is 16.6 Å². The Labute approximate surface area is 112 Å². The van der Waals surface area contributed by atoms with Crippen LogP contribution in [0.1, 0.15) is 61.3 Å². The number of aromatic nitrogens is 2. The number of carboxylic acid groups (broad SMARTS) is 1. The van der Waals surface area contributed by atoms with Gasteiger partial charge in [0.15, 0.2) is 0 Å². The Morgan fingerprint density at radius 3 is 2.84 bits per heavy atom. The lowest BCUT2D eigenvalue weighted by atomic mass is 10.1. The molecule has 1 saturated carbocycles. The molecule has 1 aromatic heterocycles. The van der Waals surface area contributed by atoms with Crippen LogP contribution in [0, 0.1) is 0 Å². The molecule has 1 aliphatic rings. The third-order valence-corrected chi connectivity index (χ3v) is 3.94. The number of carbonyl (C=O) groups is 1. The van der Waals surface area contributed by atoms with E-state index < -0.39 is 5.97 Å². The fourth-order valence-corrected chi connectivity index (χ4v) is 2.60. The fraction of sp³-hybridized carbons (Fsp3) is 0.467. The molecule has 1 fully saturated rings. The van der Waals surface area contributed by atoms with Crippen molar-refractivity contribution < 1.29 is 9.90 Å². The second-order valence-corrected chi connectivity index (χ2v) is 5.35. The molecule has 4 heteroatoms. The third kappa shape index (κ3) is 1.91. The first kappa shape index (κ1) is 12.2. The molecule has 1 atom stereocenters. The van der Waals surface area contributed by atoms with Gasteiger partial charge in [-0.05, 0) is 38.3 Å². The van der Waals surface area contributed by atoms with Crippen LogP contribution in [0.5, 0.6) is 0 Å². The van der Waals surface area contributed by atoms with Gasteiger partial charge in [0.25, 0.3) is 0 Å². The van der Waals surface area contributed by atoms with Gasteiger partial charge in [-0.15, -0.1) is 0 Å². The maximum atomic E-state index is 11.4. The van der Waals surface area contributed by atoms with E-state index in [0.717, 1.165) is 23.3 Å². The number of rotatable bonds is 4. The Morgan fingerprint density at radius 1 is 1.53 bits per heavy atom. The van der Waals surface area contributed by atoms with Gasteiger partial charge < -0.3 is 9.67 Å². The molecule has 100 valence electrons. The van der Waals surface area contributed by atoms with Gasteiger partial charge in [-0.3, -0.25) is 0 Å². The first-order valence-corrected chi connectivity index (χ1v) is 6.87. The molecule has 19 heavy (non-hydrogen) atoms. The van der Waals surface area contributed by atoms with E-state index in [9.17, 15) is 9.90 Å². The molecule has 1 aromatic carbocycles. The van der Waals surface area contributed by atoms with Crippen LogP contribution >= 0.6 is 0 Å². The zero-order valence-electron chi connectivity index (χ0n) is 11.3. The zero-order valence-corrected chi connectivity index (χ0v) is 11.3. The topological polar surface area (TPSA) is 55.1 Å². The first-order valence-electron chi connectivity index (χ1n) is 6.87. The molecule has 1 heterocycles. The number of nitrogens with zero attached hydrogens (tertiary/aromatic N) is 2. The molecule has 4 nitrogen and oxygen atoms in total. The Hall–Kier alpha value is -1.84. The highest BCUT2D eigenvalue weighted by Crippen LogP contribution is 2.42. The molecule has 0 saturated heterocycles. The van der Waals surface area contributed by atoms with Crippen molar-refractivity contribution in [1.29, 1.82) is 0 Å². The number of hydrogen-bond acceptors (Lipinski definition) is 2. The zero-order chi connectivity index (χ0) is 13.6. The Kier molecular flexibility index (Phi) is 2.81. The van der Waals surface area contributed by atoms with Crippen LogP contribution in [-0.4, -0.2) is 20.6 Å². The molecule has 0 bridgehead atoms. The van der Waals surface area contributed by atoms with E-state index in [1.807, 2.05) is 6.07 Å². The molecule has 3 rings (SSSR count). The molecule has 0 aliphatic heterocycles. The molecule has 2 aromatic rings. The molecule has 0 amide bonds. The van der Waals surface area contributed by atoms with E-state index in [1.54, 1.807) is 12.1 Å². The molecular formula is C15H18N2O2. The fourth-order valence-electron chi connectivity index (χ4n) is 2.60. The van der Waals surface area contributed by atoms with Crippen molar-refractivity contribution in [2.75, 3.05) is 0 Å². The summed E-state index contributed by atoms with van der Waals surface area (Å²) in [5.41, 5.74) is 1.95. The van der Waals surface area contributed by atoms with Crippen LogP contribution < -0.4 is 0 Å². The predicted octanol–water partition coefficient (Wildman–Crippen LogP) is 3.58. The van der Waals surface area contributed by atoms with Gasteiger partial charge in [-0.1, -0.05) is 13.0 Å². The normalized spacial score (nSPS) is 16.7. The van der Waals surface area contributed by atoms with E-state index in [2.05, 4.69) is 23.4 Å². The van der Waals surface area contributed by atoms with Crippen LogP contribution in [0.3, 0.4) is 0 Å². The summed E-state index contributed by atoms with van der Waals surface area (Å²) in [4.78, 5) is 16.1. The molecular weight excluding hydrogens is 240 g/mol. The summed E-state index contributed by atoms with van der Waals surface area (Å²) >= 11 is 0. The quantitative estimate of drug-likeness (QED) is 0.911. The van der Waals surface area contributed by atoms with Crippen LogP contribution in [0.4, 0.5) is 0 Å². The lowest BCUT2D eigenvalue weighted by molar-refractivity contribution is 0.0698. The summed E-state index contributed by atoms with van der Waals surface area (Å²) in [5.74, 6) is 0.707. The average Bonchev–Trinajstić information content (AvgIpc) is 3.17. The van der Waals surface area contributed by atoms with Crippen molar-refractivity contribution in [3.63, 3.8) is 0 Å². The second kappa shape index (κ2) is 4.37. The van der Waals surface area contributed by atoms with Crippen LogP contribution in [-0.2, 0) is 0 Å². The minimum absolute atomic E-state index is 0.279. The summed E-state index contributed by atoms with van der Waals surface area (Å²) in [7, 11) is 0. The van der Waals surface area contributed by atoms with Crippen molar-refractivity contribution in [2.45, 2.75) is 45.1 Å². The molecule has 1 aliphatic carbocycles. The summed E-state index contributed by atoms with van der Waals surface area (Å²) in [6, 6.07) is 5.63. The largest absolute Gasteiger partial charge is 0.478 e. The van der Waals surface area contributed by atoms with E-state index in [1.165, 1.54) is 12.8 Å². The lowest BCUT2D eigenvalue weighted by Gasteiger charge is -2.16. The summed E-state index contributed by atoms with van der Waals surface area (Å²) in [6.45, 7) is 4.25. The SMILES string of the molecule is CCC(C)n1c(C2CC2)nc2cccc(C(=O)O)c21. The van der Waals surface area contributed by atoms with Gasteiger partial charge in [0.1, 0.15) is 5.82 Å². The van der Waals surface area contributed by atoms with E-state index in [0.29, 0.717) is 11.5 Å². The third-order valence-electron chi connectivity index (χ3n) is 3.94. The van der Waals surface area contributed by atoms with Gasteiger partial charge in [0, 0.05) is 12.0 Å². The number of fused-ring (bicyclic) bond motifs is 1. The van der Waals surface area contributed by atoms with E-state index >= 15 is 0 Å². The van der Waals surface area contributed by atoms with Crippen molar-refractivity contribution in [1.82, 2.24) is 9.55 Å². The highest BCUT2D eigenvalue weighted by atomic mass is 16.4. The smallest absolute Gasteiger partial charge is 0.337 e. The molecule has 1 unspecified atom stereocenters. The molecule has 1 N–H and O–H groups in total. The van der Waals surface area contributed by atoms with Gasteiger partial charge in [-0.25, -0.2) is 9.78 Å². The second-order valence-electron chi connectivity index (χ2n) is 5.35. The van der Waals surface area contributed by atoms with Gasteiger partial charge in [0.2, 0.25) is 0 Å². The van der Waals surface area contributed by atoms with Crippen LogP contribution in [0.25, 0.3) is 11.0 Å². The standard InChI is InChI=1S/C15H18N2O2/c1-3-9(2)17-13-11(15(18)19)5-4-6-12(13)16-14(17)10-7-8-10/h4-6,9-10H,3,7-8H2,1-2H3,(H,18,19). The van der Waals surface area contributed by atoms with E-state index in [-0.39, 0.29) is 6.04 Å². The summed E-state index contributed by atoms with van der Waals surface area (Å²) in [6.07, 6.45) is 3.31. The number of carboxylic acids is 1. The number of imidazole rings is 1. The molecule has 0 radical (unpaired) electrons. The monoisotopic (exact) mass is 258 g/mol. The summed E-state index contributed by atoms with van der Waals surface area (Å²) in [5, 5.41) is 9.38. The number of aromatic carboxylic acids is 1.